The van der Waals surface area contributed by atoms with Gasteiger partial charge in [0.15, 0.2) is 0 Å². The summed E-state index contributed by atoms with van der Waals surface area (Å²) in [6.45, 7) is 4.66. The molecule has 2 nitrogen and oxygen atoms in total. The number of nitrogens with zero attached hydrogens (tertiary/aromatic N) is 1. The van der Waals surface area contributed by atoms with Crippen LogP contribution in [0.5, 0.6) is 0 Å². The lowest BCUT2D eigenvalue weighted by Crippen LogP contribution is -2.29. The van der Waals surface area contributed by atoms with Crippen LogP contribution in [0.1, 0.15) is 25.7 Å². The first-order chi connectivity index (χ1) is 6.83. The van der Waals surface area contributed by atoms with E-state index in [1.165, 1.54) is 17.0 Å². The second-order valence-electron chi connectivity index (χ2n) is 3.67. The van der Waals surface area contributed by atoms with E-state index in [9.17, 15) is 4.79 Å². The first kappa shape index (κ1) is 9.84. The van der Waals surface area contributed by atoms with E-state index in [-0.39, 0.29) is 0 Å². The maximum Gasteiger partial charge on any atom is 0.237 e. The van der Waals surface area contributed by atoms with Crippen LogP contribution in [0.2, 0.25) is 0 Å². The third-order valence-electron chi connectivity index (χ3n) is 2.69. The minimum absolute atomic E-state index is 0.292. The van der Waals surface area contributed by atoms with E-state index in [4.69, 9.17) is 0 Å². The highest BCUT2D eigenvalue weighted by Crippen LogP contribution is 2.38. The maximum atomic E-state index is 11.5. The molecule has 1 fully saturated rings. The van der Waals surface area contributed by atoms with Crippen LogP contribution in [0.4, 0.5) is 0 Å². The quantitative estimate of drug-likeness (QED) is 0.666. The van der Waals surface area contributed by atoms with Crippen molar-refractivity contribution in [1.29, 1.82) is 0 Å². The summed E-state index contributed by atoms with van der Waals surface area (Å²) in [7, 11) is 0. The topological polar surface area (TPSA) is 20.3 Å². The van der Waals surface area contributed by atoms with Gasteiger partial charge in [0.25, 0.3) is 0 Å². The Morgan fingerprint density at radius 2 is 2.43 bits per heavy atom. The number of carbonyl (C=O) groups is 1. The average Bonchev–Trinajstić information content (AvgIpc) is 2.58. The van der Waals surface area contributed by atoms with Crippen LogP contribution >= 0.6 is 11.8 Å². The smallest absolute Gasteiger partial charge is 0.237 e. The van der Waals surface area contributed by atoms with Crippen molar-refractivity contribution in [3.05, 3.63) is 23.3 Å². The Hall–Kier alpha value is -0.700. The molecule has 0 atom stereocenters. The molecule has 1 amide bonds. The lowest BCUT2D eigenvalue weighted by molar-refractivity contribution is -0.125. The molecule has 0 radical (unpaired) electrons. The molecule has 0 spiro atoms. The molecule has 76 valence electrons. The molecule has 2 heterocycles. The Bertz CT molecular complexity index is 296. The van der Waals surface area contributed by atoms with Crippen molar-refractivity contribution in [2.24, 2.45) is 0 Å². The van der Waals surface area contributed by atoms with Gasteiger partial charge in [-0.1, -0.05) is 17.8 Å². The van der Waals surface area contributed by atoms with Crippen molar-refractivity contribution < 1.29 is 4.79 Å². The third-order valence-corrected chi connectivity index (χ3v) is 3.87. The summed E-state index contributed by atoms with van der Waals surface area (Å²) in [4.78, 5) is 13.4. The Morgan fingerprint density at radius 1 is 1.57 bits per heavy atom. The predicted octanol–water partition coefficient (Wildman–Crippen LogP) is 2.53. The number of thioether (sulfide) groups is 1. The first-order valence-corrected chi connectivity index (χ1v) is 6.07. The largest absolute Gasteiger partial charge is 0.306 e. The van der Waals surface area contributed by atoms with Gasteiger partial charge in [-0.3, -0.25) is 4.79 Å². The van der Waals surface area contributed by atoms with Gasteiger partial charge in [0.2, 0.25) is 5.91 Å². The van der Waals surface area contributed by atoms with Gasteiger partial charge in [0.1, 0.15) is 0 Å². The Kier molecular flexibility index (Phi) is 2.96. The number of fused-ring (bicyclic) bond motifs is 1. The van der Waals surface area contributed by atoms with Crippen LogP contribution in [0.3, 0.4) is 0 Å². The molecule has 2 rings (SSSR count). The summed E-state index contributed by atoms with van der Waals surface area (Å²) in [5.41, 5.74) is 1.46. The van der Waals surface area contributed by atoms with Gasteiger partial charge < -0.3 is 4.90 Å². The molecule has 14 heavy (non-hydrogen) atoms. The number of rotatable bonds is 3. The Labute approximate surface area is 89.0 Å². The monoisotopic (exact) mass is 209 g/mol. The third kappa shape index (κ3) is 1.73. The van der Waals surface area contributed by atoms with Crippen molar-refractivity contribution in [1.82, 2.24) is 4.90 Å². The van der Waals surface area contributed by atoms with Crippen LogP contribution in [0.15, 0.2) is 23.3 Å². The molecule has 1 saturated heterocycles. The molecule has 0 aliphatic carbocycles. The molecular formula is C11H15NOS. The summed E-state index contributed by atoms with van der Waals surface area (Å²) < 4.78 is 0. The highest BCUT2D eigenvalue weighted by Gasteiger charge is 2.30. The molecule has 0 aromatic carbocycles. The van der Waals surface area contributed by atoms with Crippen LogP contribution in [0.25, 0.3) is 0 Å². The maximum absolute atomic E-state index is 11.5. The van der Waals surface area contributed by atoms with Gasteiger partial charge in [-0.25, -0.2) is 0 Å². The van der Waals surface area contributed by atoms with Crippen LogP contribution < -0.4 is 0 Å². The normalized spacial score (nSPS) is 21.4. The molecule has 0 aromatic heterocycles. The van der Waals surface area contributed by atoms with Crippen LogP contribution in [0, 0.1) is 0 Å². The van der Waals surface area contributed by atoms with Crippen molar-refractivity contribution in [2.45, 2.75) is 25.7 Å². The fourth-order valence-corrected chi connectivity index (χ4v) is 3.16. The Morgan fingerprint density at radius 3 is 3.21 bits per heavy atom. The van der Waals surface area contributed by atoms with E-state index in [2.05, 4.69) is 6.58 Å². The van der Waals surface area contributed by atoms with Crippen LogP contribution in [-0.2, 0) is 4.79 Å². The fraction of sp³-hybridized carbons (Fsp3) is 0.545. The second kappa shape index (κ2) is 4.22. The summed E-state index contributed by atoms with van der Waals surface area (Å²) in [5, 5.41) is 1.25. The van der Waals surface area contributed by atoms with Gasteiger partial charge in [0, 0.05) is 6.54 Å². The van der Waals surface area contributed by atoms with E-state index in [1.807, 2.05) is 11.0 Å². The van der Waals surface area contributed by atoms with Gasteiger partial charge in [-0.15, -0.1) is 6.58 Å². The standard InChI is InChI=1S/C11H15NOS/c1-2-3-5-9-6-4-7-12-10(13)8-14-11(9)12/h2H,1,3-8H2. The summed E-state index contributed by atoms with van der Waals surface area (Å²) in [6, 6.07) is 0. The van der Waals surface area contributed by atoms with Gasteiger partial charge >= 0.3 is 0 Å². The van der Waals surface area contributed by atoms with Crippen molar-refractivity contribution in [2.75, 3.05) is 12.3 Å². The van der Waals surface area contributed by atoms with Gasteiger partial charge in [-0.05, 0) is 31.3 Å². The van der Waals surface area contributed by atoms with Crippen molar-refractivity contribution in [3.63, 3.8) is 0 Å². The fourth-order valence-electron chi connectivity index (χ4n) is 1.98. The van der Waals surface area contributed by atoms with Crippen molar-refractivity contribution in [3.8, 4) is 0 Å². The molecule has 2 aliphatic heterocycles. The SMILES string of the molecule is C=CCCC1=C2SCC(=O)N2CCC1. The highest BCUT2D eigenvalue weighted by atomic mass is 32.2. The average molecular weight is 209 g/mol. The minimum Gasteiger partial charge on any atom is -0.306 e. The van der Waals surface area contributed by atoms with Crippen LogP contribution in [-0.4, -0.2) is 23.1 Å². The molecular weight excluding hydrogens is 194 g/mol. The molecule has 0 unspecified atom stereocenters. The van der Waals surface area contributed by atoms with Gasteiger partial charge in [0.05, 0.1) is 10.8 Å². The Balaban J connectivity index is 2.16. The number of hydrogen-bond acceptors (Lipinski definition) is 2. The highest BCUT2D eigenvalue weighted by molar-refractivity contribution is 8.04. The number of carbonyl (C=O) groups excluding carboxylic acids is 1. The predicted molar refractivity (Wildman–Crippen MR) is 59.9 cm³/mol. The molecule has 3 heteroatoms. The molecule has 0 aromatic rings. The zero-order valence-electron chi connectivity index (χ0n) is 8.29. The molecule has 0 N–H and O–H groups in total. The minimum atomic E-state index is 0.292. The zero-order valence-corrected chi connectivity index (χ0v) is 9.11. The summed E-state index contributed by atoms with van der Waals surface area (Å²) in [6.07, 6.45) is 6.35. The lowest BCUT2D eigenvalue weighted by Gasteiger charge is -2.25. The second-order valence-corrected chi connectivity index (χ2v) is 4.64. The van der Waals surface area contributed by atoms with E-state index in [1.54, 1.807) is 11.8 Å². The molecule has 0 bridgehead atoms. The summed E-state index contributed by atoms with van der Waals surface area (Å²) in [5.74, 6) is 0.938. The zero-order chi connectivity index (χ0) is 9.97. The van der Waals surface area contributed by atoms with E-state index in [0.29, 0.717) is 11.7 Å². The molecule has 2 aliphatic rings. The van der Waals surface area contributed by atoms with E-state index in [0.717, 1.165) is 25.8 Å². The number of allylic oxidation sites excluding steroid dienone is 2. The number of hydrogen-bond donors (Lipinski definition) is 0. The summed E-state index contributed by atoms with van der Waals surface area (Å²) >= 11 is 1.71. The van der Waals surface area contributed by atoms with E-state index < -0.39 is 0 Å². The number of amides is 1. The van der Waals surface area contributed by atoms with E-state index >= 15 is 0 Å². The van der Waals surface area contributed by atoms with Gasteiger partial charge in [-0.2, -0.15) is 0 Å². The lowest BCUT2D eigenvalue weighted by atomic mass is 10.0. The first-order valence-electron chi connectivity index (χ1n) is 5.09. The van der Waals surface area contributed by atoms with Crippen molar-refractivity contribution >= 4 is 17.7 Å². The molecule has 0 saturated carbocycles.